The average Bonchev–Trinajstić information content (AvgIpc) is 3.19. The molecule has 3 heterocycles. The predicted octanol–water partition coefficient (Wildman–Crippen LogP) is -2.45. The number of aliphatic hydroxyl groups is 2. The van der Waals surface area contributed by atoms with Crippen LogP contribution in [0.15, 0.2) is 17.8 Å². The zero-order valence-corrected chi connectivity index (χ0v) is 15.7. The van der Waals surface area contributed by atoms with Crippen molar-refractivity contribution < 1.29 is 24.9 Å². The zero-order chi connectivity index (χ0) is 20.4. The highest BCUT2D eigenvalue weighted by molar-refractivity contribution is 7.96. The largest absolute Gasteiger partial charge is 0.548 e. The Morgan fingerprint density at radius 2 is 2.18 bits per heavy atom. The lowest BCUT2D eigenvalue weighted by Gasteiger charge is -2.16. The number of carbonyl (C=O) groups is 1. The highest BCUT2D eigenvalue weighted by atomic mass is 32.2. The summed E-state index contributed by atoms with van der Waals surface area (Å²) in [6, 6.07) is -1.40. The third-order valence-electron chi connectivity index (χ3n) is 4.59. The van der Waals surface area contributed by atoms with E-state index in [4.69, 9.17) is 10.5 Å². The first kappa shape index (κ1) is 20.4. The molecule has 0 aliphatic carbocycles. The normalized spacial score (nSPS) is 27.0. The molecule has 12 nitrogen and oxygen atoms in total. The number of aromatic nitrogens is 4. The van der Waals surface area contributed by atoms with E-state index >= 15 is 0 Å². The number of nitroso groups, excluding NO2 is 1. The molecular weight excluding hydrogens is 392 g/mol. The van der Waals surface area contributed by atoms with Gasteiger partial charge >= 0.3 is 0 Å². The first-order valence-corrected chi connectivity index (χ1v) is 10.4. The molecule has 28 heavy (non-hydrogen) atoms. The number of nitrogens with zero attached hydrogens (tertiary/aromatic N) is 5. The van der Waals surface area contributed by atoms with Crippen molar-refractivity contribution in [2.75, 3.05) is 23.5 Å². The molecule has 2 aromatic heterocycles. The van der Waals surface area contributed by atoms with E-state index in [1.165, 1.54) is 17.2 Å². The number of hydrogen-bond donors (Lipinski definition) is 3. The number of imidazole rings is 1. The molecule has 3 rings (SSSR count). The van der Waals surface area contributed by atoms with Gasteiger partial charge in [0, 0.05) is 6.42 Å². The number of ether oxygens (including phenoxy) is 1. The molecule has 1 saturated heterocycles. The highest BCUT2D eigenvalue weighted by Gasteiger charge is 2.46. The summed E-state index contributed by atoms with van der Waals surface area (Å²) >= 11 is 0. The molecule has 1 fully saturated rings. The third-order valence-corrected chi connectivity index (χ3v) is 6.42. The number of nitrogens with two attached hydrogens (primary N) is 1. The zero-order valence-electron chi connectivity index (χ0n) is 14.9. The number of rotatable bonds is 8. The van der Waals surface area contributed by atoms with Crippen molar-refractivity contribution >= 4 is 33.8 Å². The Hall–Kier alpha value is -2.35. The Balaban J connectivity index is 1.67. The van der Waals surface area contributed by atoms with Crippen LogP contribution in [-0.4, -0.2) is 77.8 Å². The minimum absolute atomic E-state index is 0.0442. The van der Waals surface area contributed by atoms with Crippen LogP contribution in [0.5, 0.6) is 0 Å². The van der Waals surface area contributed by atoms with Gasteiger partial charge in [0.05, 0.1) is 18.6 Å². The first-order valence-electron chi connectivity index (χ1n) is 8.40. The second kappa shape index (κ2) is 8.34. The molecule has 0 aromatic carbocycles. The Bertz CT molecular complexity index is 865. The molecule has 152 valence electrons. The van der Waals surface area contributed by atoms with E-state index in [9.17, 15) is 25.0 Å². The van der Waals surface area contributed by atoms with E-state index in [1.54, 1.807) is 0 Å². The Morgan fingerprint density at radius 3 is 2.86 bits per heavy atom. The highest BCUT2D eigenvalue weighted by Crippen LogP contribution is 2.32. The average molecular weight is 412 g/mol. The minimum atomic E-state index is -1.51. The van der Waals surface area contributed by atoms with Crippen LogP contribution < -0.4 is 10.8 Å². The van der Waals surface area contributed by atoms with E-state index in [2.05, 4.69) is 20.1 Å². The topological polar surface area (TPSA) is 189 Å². The number of aliphatic hydroxyl groups excluding tert-OH is 2. The standard InChI is InChI=1S/C15H20N6O6S/c1-28(3-2-7(20-26)15(24)25)4-8-10(22)11(23)14(27-8)21-6-19-9-12(16)17-5-18-13(9)21/h5-8,10-11,14,22-23H,2-4H2,1H3,(H2-,16,17,18,24,25)/t7-,8+,10+,11+,14+,28?/m0/s1. The number of carboxylic acids is 1. The van der Waals surface area contributed by atoms with Gasteiger partial charge in [0.15, 0.2) is 17.7 Å². The van der Waals surface area contributed by atoms with Crippen LogP contribution in [0, 0.1) is 4.91 Å². The molecule has 2 aromatic rings. The molecule has 6 atom stereocenters. The van der Waals surface area contributed by atoms with Gasteiger partial charge in [0.25, 0.3) is 0 Å². The van der Waals surface area contributed by atoms with Gasteiger partial charge in [-0.25, -0.2) is 15.0 Å². The number of carboxylic acid groups (broad SMARTS) is 1. The van der Waals surface area contributed by atoms with Gasteiger partial charge in [0.1, 0.15) is 47.7 Å². The van der Waals surface area contributed by atoms with Crippen LogP contribution in [-0.2, 0) is 20.4 Å². The van der Waals surface area contributed by atoms with Gasteiger partial charge in [-0.3, -0.25) is 4.57 Å². The van der Waals surface area contributed by atoms with Crippen molar-refractivity contribution in [3.8, 4) is 0 Å². The van der Waals surface area contributed by atoms with Gasteiger partial charge < -0.3 is 30.6 Å². The fourth-order valence-electron chi connectivity index (χ4n) is 3.04. The molecule has 0 bridgehead atoms. The van der Waals surface area contributed by atoms with E-state index < -0.39 is 36.6 Å². The summed E-state index contributed by atoms with van der Waals surface area (Å²) in [5.74, 6) is -0.547. The third kappa shape index (κ3) is 3.92. The second-order valence-corrected chi connectivity index (χ2v) is 8.81. The number of fused-ring (bicyclic) bond motifs is 1. The number of anilines is 1. The maximum Gasteiger partial charge on any atom is 0.167 e. The summed E-state index contributed by atoms with van der Waals surface area (Å²) in [6.07, 6.45) is 0.602. The van der Waals surface area contributed by atoms with Crippen molar-refractivity contribution in [1.82, 2.24) is 19.5 Å². The molecule has 1 unspecified atom stereocenters. The van der Waals surface area contributed by atoms with Crippen molar-refractivity contribution in [2.45, 2.75) is 37.0 Å². The second-order valence-electron chi connectivity index (χ2n) is 6.51. The van der Waals surface area contributed by atoms with Crippen molar-refractivity contribution in [3.63, 3.8) is 0 Å². The van der Waals surface area contributed by atoms with Gasteiger partial charge in [-0.05, 0) is 10.9 Å². The molecule has 1 aliphatic heterocycles. The summed E-state index contributed by atoms with van der Waals surface area (Å²) in [6.45, 7) is 0. The molecule has 1 aliphatic rings. The predicted molar refractivity (Wildman–Crippen MR) is 97.9 cm³/mol. The minimum Gasteiger partial charge on any atom is -0.548 e. The smallest absolute Gasteiger partial charge is 0.167 e. The van der Waals surface area contributed by atoms with Crippen molar-refractivity contribution in [1.29, 1.82) is 0 Å². The van der Waals surface area contributed by atoms with Crippen molar-refractivity contribution in [3.05, 3.63) is 17.6 Å². The summed E-state index contributed by atoms with van der Waals surface area (Å²) in [7, 11) is -0.383. The fraction of sp³-hybridized carbons (Fsp3) is 0.600. The summed E-state index contributed by atoms with van der Waals surface area (Å²) in [4.78, 5) is 33.4. The lowest BCUT2D eigenvalue weighted by molar-refractivity contribution is -0.307. The lowest BCUT2D eigenvalue weighted by Crippen LogP contribution is -2.38. The molecule has 4 N–H and O–H groups in total. The maximum absolute atomic E-state index is 10.8. The monoisotopic (exact) mass is 412 g/mol. The van der Waals surface area contributed by atoms with Gasteiger partial charge in [0.2, 0.25) is 0 Å². The number of carbonyl (C=O) groups excluding carboxylic acids is 1. The Morgan fingerprint density at radius 1 is 1.43 bits per heavy atom. The van der Waals surface area contributed by atoms with Crippen LogP contribution in [0.25, 0.3) is 11.2 Å². The SMILES string of the molecule is C[S+](CC[C@H](N=O)C(=O)[O-])C[C@H]1O[C@@H](n2cnc3c(N)ncnc32)[C@H](O)[C@@H]1O. The maximum atomic E-state index is 10.8. The van der Waals surface area contributed by atoms with Crippen LogP contribution in [0.3, 0.4) is 0 Å². The number of hydrogen-bond acceptors (Lipinski definition) is 11. The molecular formula is C15H20N6O6S. The van der Waals surface area contributed by atoms with Crippen LogP contribution in [0.4, 0.5) is 5.82 Å². The lowest BCUT2D eigenvalue weighted by atomic mass is 10.1. The van der Waals surface area contributed by atoms with Gasteiger partial charge in [-0.1, -0.05) is 5.18 Å². The van der Waals surface area contributed by atoms with Crippen LogP contribution in [0.2, 0.25) is 0 Å². The Labute approximate surface area is 162 Å². The fourth-order valence-corrected chi connectivity index (χ4v) is 4.67. The molecule has 0 saturated carbocycles. The summed E-state index contributed by atoms with van der Waals surface area (Å²) in [5, 5.41) is 34.1. The number of aliphatic carboxylic acids is 1. The van der Waals surface area contributed by atoms with Gasteiger partial charge in [-0.2, -0.15) is 4.91 Å². The van der Waals surface area contributed by atoms with E-state index in [0.29, 0.717) is 22.7 Å². The van der Waals surface area contributed by atoms with E-state index in [0.717, 1.165) is 0 Å². The van der Waals surface area contributed by atoms with Crippen LogP contribution >= 0.6 is 0 Å². The molecule has 0 amide bonds. The quantitative estimate of drug-likeness (QED) is 0.310. The van der Waals surface area contributed by atoms with Gasteiger partial charge in [-0.15, -0.1) is 0 Å². The van der Waals surface area contributed by atoms with E-state index in [-0.39, 0.29) is 23.1 Å². The molecule has 13 heteroatoms. The Kier molecular flexibility index (Phi) is 6.07. The number of nitrogen functional groups attached to an aromatic ring is 1. The molecule has 0 spiro atoms. The van der Waals surface area contributed by atoms with E-state index in [1.807, 2.05) is 6.26 Å². The van der Waals surface area contributed by atoms with Crippen LogP contribution in [0.1, 0.15) is 12.6 Å². The first-order chi connectivity index (χ1) is 13.3. The summed E-state index contributed by atoms with van der Waals surface area (Å²) < 4.78 is 7.33. The molecule has 0 radical (unpaired) electrons. The van der Waals surface area contributed by atoms with Crippen molar-refractivity contribution in [2.24, 2.45) is 5.18 Å². The summed E-state index contributed by atoms with van der Waals surface area (Å²) in [5.41, 5.74) is 6.49.